The molecule has 2 rings (SSSR count). The minimum Gasteiger partial charge on any atom is -0.356 e. The van der Waals surface area contributed by atoms with Crippen LogP contribution in [-0.2, 0) is 6.42 Å². The molecule has 0 aromatic heterocycles. The van der Waals surface area contributed by atoms with Crippen LogP contribution in [0.1, 0.15) is 31.2 Å². The molecule has 7 heteroatoms. The molecule has 1 aromatic rings. The van der Waals surface area contributed by atoms with Crippen LogP contribution >= 0.6 is 0 Å². The van der Waals surface area contributed by atoms with Crippen LogP contribution in [-0.4, -0.2) is 56.8 Å². The first kappa shape index (κ1) is 21.5. The lowest BCUT2D eigenvalue weighted by Gasteiger charge is -2.32. The fourth-order valence-electron chi connectivity index (χ4n) is 3.45. The van der Waals surface area contributed by atoms with Crippen molar-refractivity contribution >= 4 is 5.96 Å². The lowest BCUT2D eigenvalue weighted by molar-refractivity contribution is -0.148. The van der Waals surface area contributed by atoms with Crippen LogP contribution in [0.4, 0.5) is 13.2 Å². The number of nitrogens with one attached hydrogen (secondary N) is 2. The third kappa shape index (κ3) is 9.13. The number of piperidine rings is 1. The Morgan fingerprint density at radius 2 is 1.78 bits per heavy atom. The molecule has 1 saturated heterocycles. The molecular weight excluding hydrogens is 353 g/mol. The monoisotopic (exact) mass is 384 g/mol. The van der Waals surface area contributed by atoms with Gasteiger partial charge in [-0.05, 0) is 56.7 Å². The summed E-state index contributed by atoms with van der Waals surface area (Å²) in [5.41, 5.74) is 1.33. The number of benzene rings is 1. The Hall–Kier alpha value is -1.76. The van der Waals surface area contributed by atoms with Crippen LogP contribution in [0.5, 0.6) is 0 Å². The molecule has 0 radical (unpaired) electrons. The first-order valence-electron chi connectivity index (χ1n) is 9.74. The zero-order chi connectivity index (χ0) is 19.5. The maximum atomic E-state index is 12.4. The van der Waals surface area contributed by atoms with Crippen molar-refractivity contribution in [2.45, 2.75) is 38.3 Å². The first-order valence-corrected chi connectivity index (χ1v) is 9.74. The molecule has 1 aliphatic rings. The third-order valence-electron chi connectivity index (χ3n) is 4.96. The highest BCUT2D eigenvalue weighted by atomic mass is 19.4. The van der Waals surface area contributed by atoms with Gasteiger partial charge >= 0.3 is 6.18 Å². The van der Waals surface area contributed by atoms with Crippen LogP contribution in [0, 0.1) is 5.92 Å². The van der Waals surface area contributed by atoms with Gasteiger partial charge in [0.25, 0.3) is 0 Å². The number of hydrogen-bond donors (Lipinski definition) is 2. The number of hydrogen-bond acceptors (Lipinski definition) is 2. The molecule has 27 heavy (non-hydrogen) atoms. The van der Waals surface area contributed by atoms with Gasteiger partial charge in [-0.2, -0.15) is 13.2 Å². The Labute approximate surface area is 160 Å². The topological polar surface area (TPSA) is 39.7 Å². The molecule has 0 amide bonds. The second-order valence-electron chi connectivity index (χ2n) is 7.14. The molecule has 0 spiro atoms. The number of guanidine groups is 1. The highest BCUT2D eigenvalue weighted by Crippen LogP contribution is 2.23. The second-order valence-corrected chi connectivity index (χ2v) is 7.14. The predicted octanol–water partition coefficient (Wildman–Crippen LogP) is 3.45. The van der Waals surface area contributed by atoms with Crippen molar-refractivity contribution in [1.29, 1.82) is 0 Å². The molecule has 0 bridgehead atoms. The van der Waals surface area contributed by atoms with E-state index in [9.17, 15) is 13.2 Å². The highest BCUT2D eigenvalue weighted by molar-refractivity contribution is 5.79. The summed E-state index contributed by atoms with van der Waals surface area (Å²) in [4.78, 5) is 5.74. The van der Waals surface area contributed by atoms with E-state index in [1.165, 1.54) is 10.5 Å². The normalized spacial score (nSPS) is 17.1. The van der Waals surface area contributed by atoms with E-state index in [1.54, 1.807) is 7.05 Å². The molecule has 1 aromatic carbocycles. The minimum absolute atomic E-state index is 0.484. The second kappa shape index (κ2) is 11.2. The third-order valence-corrected chi connectivity index (χ3v) is 4.96. The average Bonchev–Trinajstić information content (AvgIpc) is 2.64. The Morgan fingerprint density at radius 3 is 2.41 bits per heavy atom. The highest BCUT2D eigenvalue weighted by Gasteiger charge is 2.32. The van der Waals surface area contributed by atoms with Gasteiger partial charge in [-0.15, -0.1) is 0 Å². The fourth-order valence-corrected chi connectivity index (χ4v) is 3.45. The summed E-state index contributed by atoms with van der Waals surface area (Å²) in [6, 6.07) is 10.4. The molecule has 0 unspecified atom stereocenters. The van der Waals surface area contributed by atoms with Gasteiger partial charge in [0.15, 0.2) is 5.96 Å². The maximum Gasteiger partial charge on any atom is 0.401 e. The summed E-state index contributed by atoms with van der Waals surface area (Å²) in [5.74, 6) is 1.27. The van der Waals surface area contributed by atoms with Gasteiger partial charge < -0.3 is 10.6 Å². The fraction of sp³-hybridized carbons (Fsp3) is 0.650. The van der Waals surface area contributed by atoms with Crippen molar-refractivity contribution in [1.82, 2.24) is 15.5 Å². The quantitative estimate of drug-likeness (QED) is 0.410. The lowest BCUT2D eigenvalue weighted by Crippen LogP contribution is -2.41. The molecule has 1 fully saturated rings. The summed E-state index contributed by atoms with van der Waals surface area (Å²) in [6.07, 6.45) is 0.600. The van der Waals surface area contributed by atoms with Crippen LogP contribution in [0.3, 0.4) is 0 Å². The molecule has 0 aliphatic carbocycles. The molecular formula is C20H31F3N4. The number of nitrogens with zero attached hydrogens (tertiary/aromatic N) is 2. The number of halogens is 3. The molecule has 4 nitrogen and oxygen atoms in total. The molecule has 0 saturated carbocycles. The van der Waals surface area contributed by atoms with E-state index in [2.05, 4.69) is 39.9 Å². The zero-order valence-corrected chi connectivity index (χ0v) is 16.1. The molecule has 1 heterocycles. The standard InChI is InChI=1S/C20H31F3N4/c1-24-19(25-12-5-8-17-6-3-2-4-7-17)26-13-9-18-10-14-27(15-11-18)16-20(21,22)23/h2-4,6-7,18H,5,8-16H2,1H3,(H2,24,25,26). The van der Waals surface area contributed by atoms with Gasteiger partial charge in [-0.25, -0.2) is 0 Å². The maximum absolute atomic E-state index is 12.4. The van der Waals surface area contributed by atoms with Crippen LogP contribution in [0.15, 0.2) is 35.3 Å². The van der Waals surface area contributed by atoms with Gasteiger partial charge in [0, 0.05) is 20.1 Å². The Morgan fingerprint density at radius 1 is 1.11 bits per heavy atom. The van der Waals surface area contributed by atoms with Crippen LogP contribution in [0.2, 0.25) is 0 Å². The number of rotatable bonds is 8. The summed E-state index contributed by atoms with van der Waals surface area (Å²) in [6.45, 7) is 1.94. The van der Waals surface area contributed by atoms with Crippen molar-refractivity contribution in [3.05, 3.63) is 35.9 Å². The molecule has 0 atom stereocenters. The first-order chi connectivity index (χ1) is 13.0. The number of aliphatic imine (C=N–C) groups is 1. The van der Waals surface area contributed by atoms with Crippen molar-refractivity contribution in [2.75, 3.05) is 39.8 Å². The summed E-state index contributed by atoms with van der Waals surface area (Å²) < 4.78 is 37.3. The van der Waals surface area contributed by atoms with Crippen molar-refractivity contribution in [3.63, 3.8) is 0 Å². The van der Waals surface area contributed by atoms with Crippen molar-refractivity contribution < 1.29 is 13.2 Å². The van der Waals surface area contributed by atoms with E-state index < -0.39 is 12.7 Å². The summed E-state index contributed by atoms with van der Waals surface area (Å²) in [5, 5.41) is 6.63. The predicted molar refractivity (Wildman–Crippen MR) is 104 cm³/mol. The number of aryl methyl sites for hydroxylation is 1. The van der Waals surface area contributed by atoms with E-state index in [4.69, 9.17) is 0 Å². The number of alkyl halides is 3. The van der Waals surface area contributed by atoms with Gasteiger partial charge in [0.05, 0.1) is 6.54 Å². The van der Waals surface area contributed by atoms with E-state index >= 15 is 0 Å². The minimum atomic E-state index is -4.09. The molecule has 2 N–H and O–H groups in total. The SMILES string of the molecule is CN=C(NCCCc1ccccc1)NCCC1CCN(CC(F)(F)F)CC1. The molecule has 152 valence electrons. The van der Waals surface area contributed by atoms with Gasteiger partial charge in [-0.3, -0.25) is 9.89 Å². The van der Waals surface area contributed by atoms with Gasteiger partial charge in [0.2, 0.25) is 0 Å². The van der Waals surface area contributed by atoms with E-state index in [-0.39, 0.29) is 0 Å². The van der Waals surface area contributed by atoms with Gasteiger partial charge in [-0.1, -0.05) is 30.3 Å². The van der Waals surface area contributed by atoms with Gasteiger partial charge in [0.1, 0.15) is 0 Å². The smallest absolute Gasteiger partial charge is 0.356 e. The average molecular weight is 384 g/mol. The van der Waals surface area contributed by atoms with E-state index in [1.807, 2.05) is 6.07 Å². The molecule has 1 aliphatic heterocycles. The summed E-state index contributed by atoms with van der Waals surface area (Å²) >= 11 is 0. The lowest BCUT2D eigenvalue weighted by atomic mass is 9.93. The Bertz CT molecular complexity index is 552. The van der Waals surface area contributed by atoms with Crippen LogP contribution in [0.25, 0.3) is 0 Å². The van der Waals surface area contributed by atoms with Crippen molar-refractivity contribution in [2.24, 2.45) is 10.9 Å². The Balaban J connectivity index is 1.55. The van der Waals surface area contributed by atoms with E-state index in [0.29, 0.717) is 19.0 Å². The summed E-state index contributed by atoms with van der Waals surface area (Å²) in [7, 11) is 1.75. The largest absolute Gasteiger partial charge is 0.401 e. The number of likely N-dealkylation sites (tertiary alicyclic amines) is 1. The van der Waals surface area contributed by atoms with E-state index in [0.717, 1.165) is 51.2 Å². The Kier molecular flexibility index (Phi) is 8.91. The van der Waals surface area contributed by atoms with Crippen LogP contribution < -0.4 is 10.6 Å². The zero-order valence-electron chi connectivity index (χ0n) is 16.1. The van der Waals surface area contributed by atoms with Crippen molar-refractivity contribution in [3.8, 4) is 0 Å².